The van der Waals surface area contributed by atoms with Gasteiger partial charge in [-0.15, -0.1) is 0 Å². The van der Waals surface area contributed by atoms with E-state index >= 15 is 0 Å². The van der Waals surface area contributed by atoms with Crippen LogP contribution in [0.1, 0.15) is 16.7 Å². The van der Waals surface area contributed by atoms with E-state index in [-0.39, 0.29) is 7.14 Å². The Bertz CT molecular complexity index is 1220. The summed E-state index contributed by atoms with van der Waals surface area (Å²) in [4.78, 5) is -1.23. The maximum absolute atomic E-state index is 13.4. The number of halogens is 10. The molecule has 3 aromatic rings. The molecule has 0 aliphatic carbocycles. The summed E-state index contributed by atoms with van der Waals surface area (Å²) in [5.74, 6) is 0. The summed E-state index contributed by atoms with van der Waals surface area (Å²) in [6.45, 7) is 0. The lowest BCUT2D eigenvalue weighted by molar-refractivity contribution is -1.03. The largest absolute Gasteiger partial charge is 0.417 e. The number of rotatable bonds is 5. The van der Waals surface area contributed by atoms with Gasteiger partial charge in [-0.2, -0.15) is 47.9 Å². The second kappa shape index (κ2) is 9.61. The highest BCUT2D eigenvalue weighted by molar-refractivity contribution is 7.86. The second-order valence-corrected chi connectivity index (χ2v) is 13.2. The molecule has 3 aromatic carbocycles. The molecule has 0 spiro atoms. The first kappa shape index (κ1) is 27.3. The Labute approximate surface area is 200 Å². The van der Waals surface area contributed by atoms with E-state index in [1.807, 2.05) is 0 Å². The van der Waals surface area contributed by atoms with Crippen molar-refractivity contribution in [2.45, 2.75) is 23.4 Å². The minimum atomic E-state index is -5.14. The summed E-state index contributed by atoms with van der Waals surface area (Å²) in [5, 5.41) is 0. The quantitative estimate of drug-likeness (QED) is 0.315. The van der Waals surface area contributed by atoms with E-state index in [4.69, 9.17) is 2.51 Å². The fourth-order valence-electron chi connectivity index (χ4n) is 2.74. The lowest BCUT2D eigenvalue weighted by Gasteiger charge is -2.13. The summed E-state index contributed by atoms with van der Waals surface area (Å²) >= 11 is -3.89. The van der Waals surface area contributed by atoms with E-state index in [9.17, 15) is 47.9 Å². The van der Waals surface area contributed by atoms with Gasteiger partial charge in [0.2, 0.25) is 0 Å². The van der Waals surface area contributed by atoms with Gasteiger partial charge in [-0.05, 0) is 63.2 Å². The molecule has 14 heteroatoms. The highest BCUT2D eigenvalue weighted by Gasteiger charge is 2.44. The maximum Gasteiger partial charge on any atom is 0.417 e. The van der Waals surface area contributed by atoms with E-state index in [2.05, 4.69) is 0 Å². The van der Waals surface area contributed by atoms with E-state index in [1.54, 1.807) is 0 Å². The molecule has 3 nitrogen and oxygen atoms in total. The third kappa shape index (κ3) is 6.46. The van der Waals surface area contributed by atoms with Crippen LogP contribution in [0, 0.1) is 7.14 Å². The number of hydrogen-bond donors (Lipinski definition) is 0. The van der Waals surface area contributed by atoms with E-state index in [0.29, 0.717) is 36.4 Å². The highest BCUT2D eigenvalue weighted by Crippen LogP contribution is 2.34. The second-order valence-electron chi connectivity index (χ2n) is 6.77. The topological polar surface area (TPSA) is 43.4 Å². The van der Waals surface area contributed by atoms with Crippen molar-refractivity contribution in [1.82, 2.24) is 0 Å². The number of benzene rings is 3. The van der Waals surface area contributed by atoms with Crippen LogP contribution in [0.5, 0.6) is 0 Å². The Balaban J connectivity index is 2.11. The van der Waals surface area contributed by atoms with Gasteiger partial charge >= 0.3 is 48.9 Å². The average Bonchev–Trinajstić information content (AvgIpc) is 2.76. The van der Waals surface area contributed by atoms with Crippen LogP contribution < -0.4 is 20.2 Å². The zero-order chi connectivity index (χ0) is 26.2. The van der Waals surface area contributed by atoms with Crippen LogP contribution in [0.15, 0.2) is 77.7 Å². The molecule has 0 aliphatic rings. The van der Waals surface area contributed by atoms with Crippen LogP contribution in [0.3, 0.4) is 0 Å². The Morgan fingerprint density at radius 3 is 1.34 bits per heavy atom. The summed E-state index contributed by atoms with van der Waals surface area (Å²) in [5.41, 5.74) is -3.71. The van der Waals surface area contributed by atoms with Crippen LogP contribution >= 0.6 is 0 Å². The molecular formula is C21H12F9IO3S+. The van der Waals surface area contributed by atoms with Crippen LogP contribution in [0.25, 0.3) is 0 Å². The molecule has 189 valence electrons. The molecule has 1 radical (unpaired) electrons. The molecule has 0 amide bonds. The van der Waals surface area contributed by atoms with Crippen molar-refractivity contribution in [3.8, 4) is 0 Å². The zero-order valence-corrected chi connectivity index (χ0v) is 19.8. The summed E-state index contributed by atoms with van der Waals surface area (Å²) in [6, 6.07) is 9.11. The molecule has 0 unspecified atom stereocenters. The third-order valence-electron chi connectivity index (χ3n) is 4.35. The lowest BCUT2D eigenvalue weighted by atomic mass is 10.2. The van der Waals surface area contributed by atoms with Crippen LogP contribution in [0.2, 0.25) is 0 Å². The SMILES string of the molecule is O=S(=O)(O[I+](c1ccc(C(F)(F)F)cc1)c1ccc(C(F)(F)F)cc1)c1ccccc1C(F)(F)F. The van der Waals surface area contributed by atoms with E-state index < -0.39 is 70.5 Å². The first-order chi connectivity index (χ1) is 16.0. The Kier molecular flexibility index (Phi) is 7.49. The average molecular weight is 642 g/mol. The molecular weight excluding hydrogens is 630 g/mol. The third-order valence-corrected chi connectivity index (χ3v) is 11.7. The minimum absolute atomic E-state index is 0.102. The lowest BCUT2D eigenvalue weighted by Crippen LogP contribution is -3.85. The van der Waals surface area contributed by atoms with Gasteiger partial charge in [-0.1, -0.05) is 12.1 Å². The Morgan fingerprint density at radius 1 is 0.571 bits per heavy atom. The van der Waals surface area contributed by atoms with Gasteiger partial charge in [0.15, 0.2) is 7.14 Å². The van der Waals surface area contributed by atoms with Crippen LogP contribution in [-0.2, 0) is 31.2 Å². The van der Waals surface area contributed by atoms with Crippen LogP contribution in [0.4, 0.5) is 39.5 Å². The first-order valence-corrected chi connectivity index (χ1v) is 13.6. The molecule has 35 heavy (non-hydrogen) atoms. The highest BCUT2D eigenvalue weighted by atomic mass is 127. The molecule has 0 N–H and O–H groups in total. The number of hydrogen-bond acceptors (Lipinski definition) is 3. The Morgan fingerprint density at radius 2 is 0.971 bits per heavy atom. The smallest absolute Gasteiger partial charge is 0.190 e. The molecule has 0 aromatic heterocycles. The van der Waals surface area contributed by atoms with Crippen LogP contribution in [-0.4, -0.2) is 8.42 Å². The minimum Gasteiger partial charge on any atom is -0.190 e. The molecule has 3 rings (SSSR count). The van der Waals surface area contributed by atoms with Gasteiger partial charge in [0.25, 0.3) is 0 Å². The molecule has 0 saturated carbocycles. The molecule has 0 saturated heterocycles. The number of alkyl halides is 9. The predicted molar refractivity (Wildman–Crippen MR) is 100.0 cm³/mol. The summed E-state index contributed by atoms with van der Waals surface area (Å²) in [7, 11) is -5.14. The van der Waals surface area contributed by atoms with Crippen molar-refractivity contribution in [3.63, 3.8) is 0 Å². The fourth-order valence-corrected chi connectivity index (χ4v) is 9.81. The zero-order valence-electron chi connectivity index (χ0n) is 16.8. The van der Waals surface area contributed by atoms with E-state index in [0.717, 1.165) is 36.4 Å². The monoisotopic (exact) mass is 642 g/mol. The summed E-state index contributed by atoms with van der Waals surface area (Å²) < 4.78 is 148. The van der Waals surface area contributed by atoms with Gasteiger partial charge in [0.1, 0.15) is 4.90 Å². The molecule has 0 fully saturated rings. The van der Waals surface area contributed by atoms with Crippen molar-refractivity contribution >= 4 is 10.1 Å². The van der Waals surface area contributed by atoms with Gasteiger partial charge in [-0.3, -0.25) is 0 Å². The molecule has 0 atom stereocenters. The van der Waals surface area contributed by atoms with Gasteiger partial charge < -0.3 is 0 Å². The van der Waals surface area contributed by atoms with E-state index in [1.165, 1.54) is 0 Å². The molecule has 0 bridgehead atoms. The summed E-state index contributed by atoms with van der Waals surface area (Å²) in [6.07, 6.45) is -14.5. The van der Waals surface area contributed by atoms with Crippen molar-refractivity contribution in [2.75, 3.05) is 0 Å². The maximum atomic E-state index is 13.4. The van der Waals surface area contributed by atoms with Gasteiger partial charge in [0.05, 0.1) is 16.7 Å². The van der Waals surface area contributed by atoms with Crippen molar-refractivity contribution in [1.29, 1.82) is 0 Å². The molecule has 0 heterocycles. The predicted octanol–water partition coefficient (Wildman–Crippen LogP) is 3.73. The normalized spacial score (nSPS) is 13.3. The van der Waals surface area contributed by atoms with Gasteiger partial charge in [0, 0.05) is 0 Å². The van der Waals surface area contributed by atoms with Crippen molar-refractivity contribution in [2.24, 2.45) is 0 Å². The van der Waals surface area contributed by atoms with Crippen molar-refractivity contribution in [3.05, 3.63) is 96.6 Å². The van der Waals surface area contributed by atoms with Gasteiger partial charge in [-0.25, -0.2) is 0 Å². The standard InChI is InChI=1S/C21H12F9IO3S/c22-19(23,24)13-5-9-15(10-6-13)31(16-11-7-14(8-12-16)20(25,26)27)34-35(32,33)18-4-2-1-3-17(18)21(28,29)30/h1-12H/q+1. The van der Waals surface area contributed by atoms with Crippen molar-refractivity contribution < 1.29 is 70.7 Å². The fraction of sp³-hybridized carbons (Fsp3) is 0.143. The molecule has 0 aliphatic heterocycles. The first-order valence-electron chi connectivity index (χ1n) is 9.16. The Hall–Kier alpha value is -2.33.